The predicted molar refractivity (Wildman–Crippen MR) is 76.3 cm³/mol. The summed E-state index contributed by atoms with van der Waals surface area (Å²) < 4.78 is 33.0. The summed E-state index contributed by atoms with van der Waals surface area (Å²) in [6, 6.07) is 3.64. The number of halogens is 1. The Morgan fingerprint density at radius 2 is 2.39 bits per heavy atom. The molecule has 0 amide bonds. The van der Waals surface area contributed by atoms with Crippen molar-refractivity contribution in [1.29, 1.82) is 0 Å². The standard InChI is InChI=1S/C11H16BrNO3S2/c1-8(10-4-5-11(12)17-10)13-18(14,15)7-9-3-2-6-16-9/h4-5,8-9,13H,2-3,6-7H2,1H3/t8-,9?/m1/s1. The van der Waals surface area contributed by atoms with Gasteiger partial charge >= 0.3 is 0 Å². The third-order valence-electron chi connectivity index (χ3n) is 2.81. The normalized spacial score (nSPS) is 22.2. The molecule has 7 heteroatoms. The second kappa shape index (κ2) is 6.00. The molecule has 0 aromatic carbocycles. The molecule has 1 aromatic heterocycles. The Bertz CT molecular complexity index is 494. The Morgan fingerprint density at radius 1 is 1.61 bits per heavy atom. The van der Waals surface area contributed by atoms with Crippen molar-refractivity contribution in [2.24, 2.45) is 0 Å². The minimum absolute atomic E-state index is 0.0594. The first kappa shape index (κ1) is 14.5. The minimum atomic E-state index is -3.29. The van der Waals surface area contributed by atoms with E-state index in [2.05, 4.69) is 20.7 Å². The lowest BCUT2D eigenvalue weighted by Gasteiger charge is -2.15. The summed E-state index contributed by atoms with van der Waals surface area (Å²) in [5, 5.41) is 0. The van der Waals surface area contributed by atoms with E-state index in [0.29, 0.717) is 6.61 Å². The lowest BCUT2D eigenvalue weighted by Crippen LogP contribution is -2.33. The van der Waals surface area contributed by atoms with Crippen LogP contribution in [0.15, 0.2) is 15.9 Å². The van der Waals surface area contributed by atoms with Crippen LogP contribution in [0.4, 0.5) is 0 Å². The highest BCUT2D eigenvalue weighted by atomic mass is 79.9. The van der Waals surface area contributed by atoms with Gasteiger partial charge in [-0.3, -0.25) is 0 Å². The fourth-order valence-corrected chi connectivity index (χ4v) is 4.97. The van der Waals surface area contributed by atoms with Crippen LogP contribution in [0, 0.1) is 0 Å². The average molecular weight is 354 g/mol. The maximum absolute atomic E-state index is 12.0. The average Bonchev–Trinajstić information content (AvgIpc) is 2.87. The van der Waals surface area contributed by atoms with E-state index in [4.69, 9.17) is 4.74 Å². The van der Waals surface area contributed by atoms with Crippen LogP contribution in [0.3, 0.4) is 0 Å². The summed E-state index contributed by atoms with van der Waals surface area (Å²) in [5.41, 5.74) is 0. The van der Waals surface area contributed by atoms with E-state index >= 15 is 0 Å². The topological polar surface area (TPSA) is 55.4 Å². The van der Waals surface area contributed by atoms with Crippen LogP contribution in [0.25, 0.3) is 0 Å². The molecule has 0 saturated carbocycles. The largest absolute Gasteiger partial charge is 0.377 e. The highest BCUT2D eigenvalue weighted by Gasteiger charge is 2.25. The van der Waals surface area contributed by atoms with Gasteiger partial charge in [0.15, 0.2) is 0 Å². The monoisotopic (exact) mass is 353 g/mol. The minimum Gasteiger partial charge on any atom is -0.377 e. The van der Waals surface area contributed by atoms with Crippen molar-refractivity contribution in [3.8, 4) is 0 Å². The number of rotatable bonds is 5. The van der Waals surface area contributed by atoms with Gasteiger partial charge in [0.2, 0.25) is 10.0 Å². The number of ether oxygens (including phenoxy) is 1. The zero-order valence-electron chi connectivity index (χ0n) is 10.1. The second-order valence-corrected chi connectivity index (χ2v) is 8.69. The van der Waals surface area contributed by atoms with Crippen molar-refractivity contribution < 1.29 is 13.2 Å². The van der Waals surface area contributed by atoms with Crippen LogP contribution in [0.1, 0.15) is 30.7 Å². The van der Waals surface area contributed by atoms with Crippen molar-refractivity contribution in [1.82, 2.24) is 4.72 Å². The highest BCUT2D eigenvalue weighted by Crippen LogP contribution is 2.27. The molecular formula is C11H16BrNO3S2. The Balaban J connectivity index is 1.94. The molecule has 2 rings (SSSR count). The summed E-state index contributed by atoms with van der Waals surface area (Å²) in [7, 11) is -3.29. The van der Waals surface area contributed by atoms with Crippen LogP contribution in [-0.4, -0.2) is 26.9 Å². The lowest BCUT2D eigenvalue weighted by atomic mass is 10.3. The quantitative estimate of drug-likeness (QED) is 0.885. The predicted octanol–water partition coefficient (Wildman–Crippen LogP) is 2.67. The zero-order valence-corrected chi connectivity index (χ0v) is 13.3. The van der Waals surface area contributed by atoms with Gasteiger partial charge in [0.05, 0.1) is 21.7 Å². The maximum Gasteiger partial charge on any atom is 0.214 e. The smallest absolute Gasteiger partial charge is 0.214 e. The molecule has 1 fully saturated rings. The fraction of sp³-hybridized carbons (Fsp3) is 0.636. The first-order valence-corrected chi connectivity index (χ1v) is 9.09. The van der Waals surface area contributed by atoms with Gasteiger partial charge in [-0.25, -0.2) is 13.1 Å². The van der Waals surface area contributed by atoms with Gasteiger partial charge in [0, 0.05) is 11.5 Å². The van der Waals surface area contributed by atoms with Crippen LogP contribution in [-0.2, 0) is 14.8 Å². The van der Waals surface area contributed by atoms with Gasteiger partial charge in [-0.1, -0.05) is 0 Å². The van der Waals surface area contributed by atoms with Gasteiger partial charge in [-0.15, -0.1) is 11.3 Å². The van der Waals surface area contributed by atoms with E-state index in [0.717, 1.165) is 21.5 Å². The van der Waals surface area contributed by atoms with E-state index in [1.165, 1.54) is 11.3 Å². The van der Waals surface area contributed by atoms with Gasteiger partial charge in [-0.2, -0.15) is 0 Å². The SMILES string of the molecule is C[C@@H](NS(=O)(=O)CC1CCCO1)c1ccc(Br)s1. The van der Waals surface area contributed by atoms with Crippen LogP contribution < -0.4 is 4.72 Å². The van der Waals surface area contributed by atoms with Gasteiger partial charge in [-0.05, 0) is 47.8 Å². The molecule has 18 heavy (non-hydrogen) atoms. The summed E-state index contributed by atoms with van der Waals surface area (Å²) in [6.07, 6.45) is 1.64. The highest BCUT2D eigenvalue weighted by molar-refractivity contribution is 9.11. The van der Waals surface area contributed by atoms with Gasteiger partial charge in [0.25, 0.3) is 0 Å². The molecule has 1 aliphatic rings. The second-order valence-electron chi connectivity index (χ2n) is 4.40. The zero-order chi connectivity index (χ0) is 13.2. The molecule has 1 saturated heterocycles. The maximum atomic E-state index is 12.0. The van der Waals surface area contributed by atoms with Crippen molar-refractivity contribution in [2.75, 3.05) is 12.4 Å². The molecule has 1 aromatic rings. The van der Waals surface area contributed by atoms with E-state index in [1.54, 1.807) is 0 Å². The van der Waals surface area contributed by atoms with E-state index in [1.807, 2.05) is 19.1 Å². The molecule has 1 unspecified atom stereocenters. The first-order chi connectivity index (χ1) is 8.46. The molecule has 0 spiro atoms. The molecule has 102 valence electrons. The Hall–Kier alpha value is 0.0500. The molecule has 2 atom stereocenters. The summed E-state index contributed by atoms with van der Waals surface area (Å²) >= 11 is 4.91. The Morgan fingerprint density at radius 3 is 2.94 bits per heavy atom. The molecule has 2 heterocycles. The molecule has 0 bridgehead atoms. The lowest BCUT2D eigenvalue weighted by molar-refractivity contribution is 0.127. The van der Waals surface area contributed by atoms with Gasteiger partial charge in [0.1, 0.15) is 0 Å². The van der Waals surface area contributed by atoms with Crippen molar-refractivity contribution in [2.45, 2.75) is 31.9 Å². The van der Waals surface area contributed by atoms with Crippen LogP contribution in [0.5, 0.6) is 0 Å². The van der Waals surface area contributed by atoms with E-state index in [9.17, 15) is 8.42 Å². The third-order valence-corrected chi connectivity index (χ3v) is 6.14. The molecule has 0 radical (unpaired) electrons. The van der Waals surface area contributed by atoms with Crippen molar-refractivity contribution in [3.05, 3.63) is 20.8 Å². The van der Waals surface area contributed by atoms with Gasteiger partial charge < -0.3 is 4.74 Å². The molecule has 0 aliphatic carbocycles. The summed E-state index contributed by atoms with van der Waals surface area (Å²) in [6.45, 7) is 2.53. The first-order valence-electron chi connectivity index (χ1n) is 5.83. The van der Waals surface area contributed by atoms with Crippen LogP contribution in [0.2, 0.25) is 0 Å². The van der Waals surface area contributed by atoms with E-state index < -0.39 is 10.0 Å². The van der Waals surface area contributed by atoms with Crippen molar-refractivity contribution >= 4 is 37.3 Å². The number of hydrogen-bond acceptors (Lipinski definition) is 4. The summed E-state index contributed by atoms with van der Waals surface area (Å²) in [5.74, 6) is 0.0594. The number of hydrogen-bond donors (Lipinski definition) is 1. The van der Waals surface area contributed by atoms with Crippen LogP contribution >= 0.6 is 27.3 Å². The fourth-order valence-electron chi connectivity index (χ4n) is 1.96. The summed E-state index contributed by atoms with van der Waals surface area (Å²) in [4.78, 5) is 0.998. The van der Waals surface area contributed by atoms with E-state index in [-0.39, 0.29) is 17.9 Å². The number of thiophene rings is 1. The Labute approximate surface area is 120 Å². The molecular weight excluding hydrogens is 338 g/mol. The van der Waals surface area contributed by atoms with Crippen molar-refractivity contribution in [3.63, 3.8) is 0 Å². The Kier molecular flexibility index (Phi) is 4.82. The number of sulfonamides is 1. The molecule has 1 aliphatic heterocycles. The molecule has 1 N–H and O–H groups in total. The third kappa shape index (κ3) is 4.03. The number of nitrogens with one attached hydrogen (secondary N) is 1. The molecule has 4 nitrogen and oxygen atoms in total.